The summed E-state index contributed by atoms with van der Waals surface area (Å²) < 4.78 is 10.0. The lowest BCUT2D eigenvalue weighted by Gasteiger charge is -2.03. The first-order chi connectivity index (χ1) is 8.20. The molecule has 0 aromatic heterocycles. The molecule has 1 unspecified atom stereocenters. The van der Waals surface area contributed by atoms with Crippen molar-refractivity contribution in [3.63, 3.8) is 0 Å². The normalized spacial score (nSPS) is 18.9. The molecule has 5 heteroatoms. The number of esters is 1. The zero-order valence-corrected chi connectivity index (χ0v) is 10.5. The van der Waals surface area contributed by atoms with Crippen molar-refractivity contribution >= 4 is 23.1 Å². The molecular formula is C12H13NO3S. The maximum absolute atomic E-state index is 11.4. The van der Waals surface area contributed by atoms with Crippen molar-refractivity contribution in [2.75, 3.05) is 6.61 Å². The van der Waals surface area contributed by atoms with E-state index in [-0.39, 0.29) is 0 Å². The Kier molecular flexibility index (Phi) is 3.81. The fraction of sp³-hybridized carbons (Fsp3) is 0.333. The summed E-state index contributed by atoms with van der Waals surface area (Å²) in [5, 5.41) is 0.711. The van der Waals surface area contributed by atoms with E-state index >= 15 is 0 Å². The first-order valence-electron chi connectivity index (χ1n) is 5.35. The Morgan fingerprint density at radius 2 is 2.18 bits per heavy atom. The van der Waals surface area contributed by atoms with Gasteiger partial charge in [0.1, 0.15) is 5.04 Å². The summed E-state index contributed by atoms with van der Waals surface area (Å²) >= 11 is 1.11. The second kappa shape index (κ2) is 5.33. The third-order valence-corrected chi connectivity index (χ3v) is 3.02. The van der Waals surface area contributed by atoms with Gasteiger partial charge in [-0.1, -0.05) is 29.8 Å². The van der Waals surface area contributed by atoms with Gasteiger partial charge in [0.15, 0.2) is 0 Å². The van der Waals surface area contributed by atoms with Crippen LogP contribution in [0, 0.1) is 6.92 Å². The highest BCUT2D eigenvalue weighted by Gasteiger charge is 2.28. The number of hydrogen-bond donors (Lipinski definition) is 0. The highest BCUT2D eigenvalue weighted by molar-refractivity contribution is 8.10. The van der Waals surface area contributed by atoms with Crippen molar-refractivity contribution in [3.05, 3.63) is 35.4 Å². The van der Waals surface area contributed by atoms with Gasteiger partial charge in [0.05, 0.1) is 18.6 Å². The van der Waals surface area contributed by atoms with E-state index in [0.29, 0.717) is 11.7 Å². The summed E-state index contributed by atoms with van der Waals surface area (Å²) in [6, 6.07) is 7.91. The summed E-state index contributed by atoms with van der Waals surface area (Å²) in [7, 11) is 0. The molecule has 0 bridgehead atoms. The van der Waals surface area contributed by atoms with E-state index in [1.165, 1.54) is 5.56 Å². The van der Waals surface area contributed by atoms with Crippen LogP contribution in [0.4, 0.5) is 0 Å². The molecule has 0 radical (unpaired) electrons. The van der Waals surface area contributed by atoms with Gasteiger partial charge in [-0.25, -0.2) is 9.79 Å². The number of carbonyl (C=O) groups is 1. The Morgan fingerprint density at radius 1 is 1.47 bits per heavy atom. The van der Waals surface area contributed by atoms with Crippen molar-refractivity contribution in [2.24, 2.45) is 4.99 Å². The minimum Gasteiger partial charge on any atom is -0.463 e. The van der Waals surface area contributed by atoms with Gasteiger partial charge in [-0.05, 0) is 13.8 Å². The lowest BCUT2D eigenvalue weighted by molar-refractivity contribution is -0.150. The molecule has 0 spiro atoms. The molecule has 0 saturated heterocycles. The van der Waals surface area contributed by atoms with Gasteiger partial charge in [-0.3, -0.25) is 4.18 Å². The average molecular weight is 251 g/mol. The number of aliphatic imine (C=N–C) groups is 1. The fourth-order valence-corrected chi connectivity index (χ4v) is 2.04. The SMILES string of the molecule is CCOC(=O)C1N=C(c2ccc(C)cc2)SO1. The second-order valence-corrected chi connectivity index (χ2v) is 4.33. The fourth-order valence-electron chi connectivity index (χ4n) is 1.36. The number of nitrogens with zero attached hydrogens (tertiary/aromatic N) is 1. The molecule has 2 rings (SSSR count). The molecule has 0 amide bonds. The van der Waals surface area contributed by atoms with Crippen molar-refractivity contribution in [1.82, 2.24) is 0 Å². The molecule has 1 aliphatic heterocycles. The highest BCUT2D eigenvalue weighted by Crippen LogP contribution is 2.25. The van der Waals surface area contributed by atoms with Crippen LogP contribution >= 0.6 is 12.0 Å². The van der Waals surface area contributed by atoms with Crippen LogP contribution in [0.2, 0.25) is 0 Å². The first kappa shape index (κ1) is 12.1. The topological polar surface area (TPSA) is 47.9 Å². The van der Waals surface area contributed by atoms with Crippen molar-refractivity contribution in [2.45, 2.75) is 20.1 Å². The summed E-state index contributed by atoms with van der Waals surface area (Å²) in [4.78, 5) is 15.6. The quantitative estimate of drug-likeness (QED) is 0.611. The van der Waals surface area contributed by atoms with E-state index < -0.39 is 12.2 Å². The average Bonchev–Trinajstić information content (AvgIpc) is 2.80. The van der Waals surface area contributed by atoms with Gasteiger partial charge in [0.2, 0.25) is 0 Å². The lowest BCUT2D eigenvalue weighted by atomic mass is 10.2. The van der Waals surface area contributed by atoms with E-state index in [9.17, 15) is 4.79 Å². The number of ether oxygens (including phenoxy) is 1. The summed E-state index contributed by atoms with van der Waals surface area (Å²) in [6.07, 6.45) is -0.837. The van der Waals surface area contributed by atoms with Crippen LogP contribution in [-0.4, -0.2) is 23.8 Å². The van der Waals surface area contributed by atoms with E-state index in [1.807, 2.05) is 31.2 Å². The monoisotopic (exact) mass is 251 g/mol. The highest BCUT2D eigenvalue weighted by atomic mass is 32.2. The van der Waals surface area contributed by atoms with Gasteiger partial charge in [-0.15, -0.1) is 0 Å². The predicted molar refractivity (Wildman–Crippen MR) is 66.8 cm³/mol. The Morgan fingerprint density at radius 3 is 2.82 bits per heavy atom. The van der Waals surface area contributed by atoms with Gasteiger partial charge in [0, 0.05) is 5.56 Å². The zero-order valence-electron chi connectivity index (χ0n) is 9.67. The third-order valence-electron chi connectivity index (χ3n) is 2.24. The molecular weight excluding hydrogens is 238 g/mol. The van der Waals surface area contributed by atoms with Crippen LogP contribution in [0.3, 0.4) is 0 Å². The number of benzene rings is 1. The van der Waals surface area contributed by atoms with Crippen LogP contribution in [0.15, 0.2) is 29.3 Å². The van der Waals surface area contributed by atoms with Gasteiger partial charge >= 0.3 is 5.97 Å². The van der Waals surface area contributed by atoms with Crippen LogP contribution in [0.5, 0.6) is 0 Å². The van der Waals surface area contributed by atoms with E-state index in [0.717, 1.165) is 17.6 Å². The zero-order chi connectivity index (χ0) is 12.3. The Labute approximate surface area is 104 Å². The Balaban J connectivity index is 2.11. The maximum Gasteiger partial charge on any atom is 0.359 e. The smallest absolute Gasteiger partial charge is 0.359 e. The van der Waals surface area contributed by atoms with E-state index in [4.69, 9.17) is 8.92 Å². The largest absolute Gasteiger partial charge is 0.463 e. The number of aryl methyl sites for hydroxylation is 1. The molecule has 0 N–H and O–H groups in total. The molecule has 0 saturated carbocycles. The Bertz CT molecular complexity index is 442. The maximum atomic E-state index is 11.4. The van der Waals surface area contributed by atoms with E-state index in [1.54, 1.807) is 6.92 Å². The minimum atomic E-state index is -0.837. The molecule has 1 aromatic rings. The van der Waals surface area contributed by atoms with Crippen LogP contribution < -0.4 is 0 Å². The molecule has 1 atom stereocenters. The molecule has 0 fully saturated rings. The second-order valence-electron chi connectivity index (χ2n) is 3.58. The van der Waals surface area contributed by atoms with Crippen molar-refractivity contribution < 1.29 is 13.7 Å². The standard InChI is InChI=1S/C12H13NO3S/c1-3-15-12(14)10-13-11(17-16-10)9-6-4-8(2)5-7-9/h4-7,10H,3H2,1-2H3. The van der Waals surface area contributed by atoms with Crippen LogP contribution in [0.1, 0.15) is 18.1 Å². The molecule has 1 aliphatic rings. The van der Waals surface area contributed by atoms with Gasteiger partial charge in [0.25, 0.3) is 6.23 Å². The van der Waals surface area contributed by atoms with Gasteiger partial charge in [-0.2, -0.15) is 0 Å². The van der Waals surface area contributed by atoms with Crippen molar-refractivity contribution in [1.29, 1.82) is 0 Å². The van der Waals surface area contributed by atoms with Crippen LogP contribution in [-0.2, 0) is 13.7 Å². The number of carbonyl (C=O) groups excluding carboxylic acids is 1. The van der Waals surface area contributed by atoms with E-state index in [2.05, 4.69) is 4.99 Å². The van der Waals surface area contributed by atoms with Crippen LogP contribution in [0.25, 0.3) is 0 Å². The summed E-state index contributed by atoms with van der Waals surface area (Å²) in [5.74, 6) is -0.442. The van der Waals surface area contributed by atoms with Gasteiger partial charge < -0.3 is 4.74 Å². The minimum absolute atomic E-state index is 0.332. The van der Waals surface area contributed by atoms with Crippen molar-refractivity contribution in [3.8, 4) is 0 Å². The lowest BCUT2D eigenvalue weighted by Crippen LogP contribution is -2.20. The number of hydrogen-bond acceptors (Lipinski definition) is 5. The third kappa shape index (κ3) is 2.87. The summed E-state index contributed by atoms with van der Waals surface area (Å²) in [6.45, 7) is 4.11. The molecule has 4 nitrogen and oxygen atoms in total. The molecule has 17 heavy (non-hydrogen) atoms. The number of rotatable bonds is 3. The Hall–Kier alpha value is -1.33. The summed E-state index contributed by atoms with van der Waals surface area (Å²) in [5.41, 5.74) is 2.13. The predicted octanol–water partition coefficient (Wildman–Crippen LogP) is 2.31. The molecule has 0 aliphatic carbocycles. The first-order valence-corrected chi connectivity index (χ1v) is 6.09. The molecule has 1 aromatic carbocycles. The molecule has 90 valence electrons. The molecule has 1 heterocycles.